The predicted octanol–water partition coefficient (Wildman–Crippen LogP) is -1.11. The van der Waals surface area contributed by atoms with Crippen molar-refractivity contribution in [2.75, 3.05) is 7.11 Å². The van der Waals surface area contributed by atoms with Crippen LogP contribution in [0.4, 0.5) is 0 Å². The number of methoxy groups -OCH3 is 1. The van der Waals surface area contributed by atoms with Gasteiger partial charge >= 0.3 is 0 Å². The van der Waals surface area contributed by atoms with Gasteiger partial charge in [0.2, 0.25) is 5.91 Å². The minimum Gasteiger partial charge on any atom is -0.543 e. The number of carbonyl (C=O) groups excluding carboxylic acids is 2. The average molecular weight is 335 g/mol. The maximum Gasteiger partial charge on any atom is 0.230 e. The van der Waals surface area contributed by atoms with E-state index in [1.165, 1.54) is 16.7 Å². The summed E-state index contributed by atoms with van der Waals surface area (Å²) >= 11 is 1.40. The van der Waals surface area contributed by atoms with Crippen molar-refractivity contribution in [3.05, 3.63) is 35.3 Å². The summed E-state index contributed by atoms with van der Waals surface area (Å²) in [6.45, 7) is 2.17. The van der Waals surface area contributed by atoms with Gasteiger partial charge in [-0.05, 0) is 6.92 Å². The number of aromatic nitrogens is 1. The van der Waals surface area contributed by atoms with Crippen LogP contribution in [0.15, 0.2) is 29.7 Å². The highest BCUT2D eigenvalue weighted by molar-refractivity contribution is 8.00. The number of carboxylic acids is 1. The first-order chi connectivity index (χ1) is 10.9. The Morgan fingerprint density at radius 2 is 2.35 bits per heavy atom. The molecule has 7 nitrogen and oxygen atoms in total. The first-order valence-corrected chi connectivity index (χ1v) is 8.08. The number of carboxylic acid groups (broad SMARTS) is 1. The number of hydrogen-bond acceptors (Lipinski definition) is 6. The van der Waals surface area contributed by atoms with Crippen molar-refractivity contribution >= 4 is 23.6 Å². The minimum absolute atomic E-state index is 0.0847. The minimum atomic E-state index is -1.36. The zero-order chi connectivity index (χ0) is 16.7. The summed E-state index contributed by atoms with van der Waals surface area (Å²) in [5, 5.41) is 10.9. The Kier molecular flexibility index (Phi) is 4.03. The van der Waals surface area contributed by atoms with Gasteiger partial charge in [-0.25, -0.2) is 4.57 Å². The Labute approximate surface area is 137 Å². The zero-order valence-electron chi connectivity index (χ0n) is 12.8. The van der Waals surface area contributed by atoms with E-state index in [1.807, 2.05) is 17.7 Å². The largest absolute Gasteiger partial charge is 0.543 e. The highest BCUT2D eigenvalue weighted by Gasteiger charge is 2.46. The van der Waals surface area contributed by atoms with Crippen molar-refractivity contribution in [2.24, 2.45) is 5.73 Å². The van der Waals surface area contributed by atoms with Gasteiger partial charge in [-0.3, -0.25) is 9.69 Å². The molecule has 0 spiro atoms. The van der Waals surface area contributed by atoms with Crippen LogP contribution in [0, 0.1) is 6.92 Å². The first-order valence-electron chi connectivity index (χ1n) is 7.13. The van der Waals surface area contributed by atoms with E-state index in [2.05, 4.69) is 0 Å². The van der Waals surface area contributed by atoms with Crippen molar-refractivity contribution in [1.82, 2.24) is 4.90 Å². The predicted molar refractivity (Wildman–Crippen MR) is 80.8 cm³/mol. The van der Waals surface area contributed by atoms with Gasteiger partial charge in [0.15, 0.2) is 18.9 Å². The van der Waals surface area contributed by atoms with E-state index in [0.717, 1.165) is 11.3 Å². The van der Waals surface area contributed by atoms with Crippen LogP contribution >= 0.6 is 11.8 Å². The average Bonchev–Trinajstić information content (AvgIpc) is 2.49. The van der Waals surface area contributed by atoms with Gasteiger partial charge in [0, 0.05) is 11.6 Å². The molecule has 1 fully saturated rings. The third kappa shape index (κ3) is 2.68. The highest BCUT2D eigenvalue weighted by atomic mass is 32.2. The molecule has 2 aliphatic heterocycles. The van der Waals surface area contributed by atoms with Gasteiger partial charge in [-0.2, -0.15) is 0 Å². The molecule has 1 amide bonds. The number of thioether (sulfide) groups is 1. The molecule has 2 atom stereocenters. The van der Waals surface area contributed by atoms with E-state index in [0.29, 0.717) is 12.0 Å². The van der Waals surface area contributed by atoms with Crippen molar-refractivity contribution in [1.29, 1.82) is 0 Å². The number of hydrogen-bond donors (Lipinski definition) is 1. The fourth-order valence-electron chi connectivity index (χ4n) is 2.87. The molecule has 0 saturated carbocycles. The van der Waals surface area contributed by atoms with Crippen LogP contribution in [0.5, 0.6) is 5.75 Å². The lowest BCUT2D eigenvalue weighted by atomic mass is 10.1. The summed E-state index contributed by atoms with van der Waals surface area (Å²) in [6, 6.07) is 1.80. The monoisotopic (exact) mass is 335 g/mol. The molecule has 0 radical (unpaired) electrons. The van der Waals surface area contributed by atoms with Crippen molar-refractivity contribution in [3.8, 4) is 5.75 Å². The molecule has 3 heterocycles. The Morgan fingerprint density at radius 3 is 2.91 bits per heavy atom. The van der Waals surface area contributed by atoms with Crippen molar-refractivity contribution < 1.29 is 24.0 Å². The lowest BCUT2D eigenvalue weighted by Crippen LogP contribution is -2.59. The highest BCUT2D eigenvalue weighted by Crippen LogP contribution is 2.42. The van der Waals surface area contributed by atoms with Crippen molar-refractivity contribution in [3.63, 3.8) is 0 Å². The van der Waals surface area contributed by atoms with E-state index >= 15 is 0 Å². The third-order valence-corrected chi connectivity index (χ3v) is 5.30. The molecule has 122 valence electrons. The van der Waals surface area contributed by atoms with Crippen LogP contribution < -0.4 is 20.1 Å². The van der Waals surface area contributed by atoms with E-state index in [9.17, 15) is 14.7 Å². The van der Waals surface area contributed by atoms with Crippen LogP contribution in [0.3, 0.4) is 0 Å². The molecule has 8 heteroatoms. The number of nitrogens with two attached hydrogens (primary N) is 1. The van der Waals surface area contributed by atoms with E-state index in [4.69, 9.17) is 10.5 Å². The van der Waals surface area contributed by atoms with Gasteiger partial charge in [0.1, 0.15) is 5.75 Å². The number of aliphatic carboxylic acids is 1. The summed E-state index contributed by atoms with van der Waals surface area (Å²) in [5.74, 6) is -0.822. The lowest BCUT2D eigenvalue weighted by molar-refractivity contribution is -0.689. The fourth-order valence-corrected chi connectivity index (χ4v) is 4.15. The molecule has 2 aliphatic rings. The number of fused-ring (bicyclic) bond motifs is 1. The summed E-state index contributed by atoms with van der Waals surface area (Å²) < 4.78 is 7.03. The molecule has 2 unspecified atom stereocenters. The molecule has 1 saturated heterocycles. The van der Waals surface area contributed by atoms with Gasteiger partial charge in [0.05, 0.1) is 41.5 Å². The smallest absolute Gasteiger partial charge is 0.230 e. The maximum atomic E-state index is 11.7. The third-order valence-electron chi connectivity index (χ3n) is 4.03. The second kappa shape index (κ2) is 5.86. The SMILES string of the molecule is COc1cc[n+](CC2=C(C(=O)[O-])N3C(=O)CC3SC2N)cc1C. The second-order valence-electron chi connectivity index (χ2n) is 5.51. The van der Waals surface area contributed by atoms with E-state index in [-0.39, 0.29) is 23.5 Å². The molecule has 3 rings (SSSR count). The van der Waals surface area contributed by atoms with Gasteiger partial charge in [0.25, 0.3) is 0 Å². The Hall–Kier alpha value is -2.06. The summed E-state index contributed by atoms with van der Waals surface area (Å²) in [6.07, 6.45) is 3.95. The number of β-lactam (4-membered cyclic amide) rings is 1. The van der Waals surface area contributed by atoms with E-state index < -0.39 is 11.3 Å². The quantitative estimate of drug-likeness (QED) is 0.553. The van der Waals surface area contributed by atoms with Crippen LogP contribution in [-0.2, 0) is 16.1 Å². The number of carbonyl (C=O) groups is 2. The molecule has 2 N–H and O–H groups in total. The molecular weight excluding hydrogens is 318 g/mol. The van der Waals surface area contributed by atoms with Crippen LogP contribution in [0.25, 0.3) is 0 Å². The second-order valence-corrected chi connectivity index (χ2v) is 6.83. The molecule has 23 heavy (non-hydrogen) atoms. The molecule has 1 aromatic rings. The Morgan fingerprint density at radius 1 is 1.61 bits per heavy atom. The van der Waals surface area contributed by atoms with Gasteiger partial charge in [-0.1, -0.05) is 0 Å². The number of nitrogens with zero attached hydrogens (tertiary/aromatic N) is 2. The number of amides is 1. The van der Waals surface area contributed by atoms with Crippen LogP contribution in [-0.4, -0.2) is 34.6 Å². The van der Waals surface area contributed by atoms with Gasteiger partial charge in [-0.15, -0.1) is 11.8 Å². The summed E-state index contributed by atoms with van der Waals surface area (Å²) in [7, 11) is 1.59. The Bertz CT molecular complexity index is 719. The molecule has 0 aliphatic carbocycles. The normalized spacial score (nSPS) is 23.4. The standard InChI is InChI=1S/C15H17N3O4S/c1-8-6-17(4-3-10(8)22-2)7-9-13(15(20)21)18-11(19)5-12(18)23-14(9)16/h3-4,6,12,14H,5,7,16H2,1-2H3. The zero-order valence-corrected chi connectivity index (χ0v) is 13.6. The lowest BCUT2D eigenvalue weighted by Gasteiger charge is -2.47. The summed E-state index contributed by atoms with van der Waals surface area (Å²) in [4.78, 5) is 24.6. The van der Waals surface area contributed by atoms with Gasteiger partial charge < -0.3 is 20.4 Å². The molecule has 0 aromatic carbocycles. The molecular formula is C15H17N3O4S. The number of aryl methyl sites for hydroxylation is 1. The first kappa shape index (κ1) is 15.8. The number of ether oxygens (including phenoxy) is 1. The van der Waals surface area contributed by atoms with E-state index in [1.54, 1.807) is 19.4 Å². The Balaban J connectivity index is 1.97. The maximum absolute atomic E-state index is 11.7. The molecule has 0 bridgehead atoms. The number of rotatable bonds is 4. The van der Waals surface area contributed by atoms with Crippen LogP contribution in [0.2, 0.25) is 0 Å². The number of pyridine rings is 1. The summed E-state index contributed by atoms with van der Waals surface area (Å²) in [5.41, 5.74) is 7.43. The topological polar surface area (TPSA) is 99.6 Å². The fraction of sp³-hybridized carbons (Fsp3) is 0.400. The van der Waals surface area contributed by atoms with Crippen molar-refractivity contribution in [2.45, 2.75) is 30.6 Å². The van der Waals surface area contributed by atoms with Crippen LogP contribution in [0.1, 0.15) is 12.0 Å². The molecule has 1 aromatic heterocycles.